The first-order valence-corrected chi connectivity index (χ1v) is 12.9. The smallest absolute Gasteiger partial charge is 0.120 e. The molecule has 0 radical (unpaired) electrons. The van der Waals surface area contributed by atoms with Crippen LogP contribution in [0.1, 0.15) is 54.9 Å². The number of allylic oxidation sites excluding steroid dienone is 2. The summed E-state index contributed by atoms with van der Waals surface area (Å²) in [5, 5.41) is 0. The zero-order valence-corrected chi connectivity index (χ0v) is 20.1. The molecule has 4 unspecified atom stereocenters. The molecule has 0 amide bonds. The van der Waals surface area contributed by atoms with E-state index >= 15 is 0 Å². The van der Waals surface area contributed by atoms with Gasteiger partial charge in [-0.25, -0.2) is 0 Å². The van der Waals surface area contributed by atoms with Gasteiger partial charge in [0.1, 0.15) is 12.4 Å². The topological polar surface area (TPSA) is 18.5 Å². The number of ether oxygens (including phenoxy) is 2. The van der Waals surface area contributed by atoms with Crippen LogP contribution in [0.15, 0.2) is 84.9 Å². The maximum atomic E-state index is 6.54. The van der Waals surface area contributed by atoms with E-state index in [1.165, 1.54) is 41.5 Å². The van der Waals surface area contributed by atoms with Crippen molar-refractivity contribution in [2.24, 2.45) is 17.3 Å². The van der Waals surface area contributed by atoms with Gasteiger partial charge >= 0.3 is 0 Å². The van der Waals surface area contributed by atoms with E-state index in [1.807, 2.05) is 6.07 Å². The van der Waals surface area contributed by atoms with E-state index in [0.29, 0.717) is 18.6 Å². The average Bonchev–Trinajstić information content (AvgIpc) is 3.23. The summed E-state index contributed by atoms with van der Waals surface area (Å²) in [6, 6.07) is 27.8. The maximum absolute atomic E-state index is 6.54. The second-order valence-electron chi connectivity index (χ2n) is 10.6. The highest BCUT2D eigenvalue weighted by Crippen LogP contribution is 2.59. The van der Waals surface area contributed by atoms with Gasteiger partial charge in [0.2, 0.25) is 0 Å². The van der Waals surface area contributed by atoms with Crippen LogP contribution in [0.5, 0.6) is 5.75 Å². The van der Waals surface area contributed by atoms with E-state index in [2.05, 4.69) is 85.8 Å². The van der Waals surface area contributed by atoms with Gasteiger partial charge in [-0.1, -0.05) is 79.7 Å². The van der Waals surface area contributed by atoms with Crippen molar-refractivity contribution in [2.75, 3.05) is 0 Å². The van der Waals surface area contributed by atoms with Crippen LogP contribution in [0.4, 0.5) is 0 Å². The molecule has 4 atom stereocenters. The fourth-order valence-corrected chi connectivity index (χ4v) is 6.78. The van der Waals surface area contributed by atoms with Crippen LogP contribution >= 0.6 is 0 Å². The summed E-state index contributed by atoms with van der Waals surface area (Å²) in [6.07, 6.45) is 8.87. The van der Waals surface area contributed by atoms with Gasteiger partial charge in [0, 0.05) is 5.41 Å². The molecule has 3 aliphatic carbocycles. The number of hydrogen-bond acceptors (Lipinski definition) is 2. The Labute approximate surface area is 203 Å². The van der Waals surface area contributed by atoms with Crippen LogP contribution in [0.2, 0.25) is 0 Å². The standard InChI is InChI=1S/C32H34O2/c1-32-19-18-28-27-15-13-26(33-21-23-8-4-2-5-9-23)20-25(27)12-14-29(28)30(32)16-17-31(32)34-22-24-10-6-3-7-11-24/h2-11,13,15,18,20,29-31H,12,14,16-17,19,21-22H2,1H3. The molecule has 0 N–H and O–H groups in total. The highest BCUT2D eigenvalue weighted by molar-refractivity contribution is 5.73. The molecule has 3 aromatic rings. The van der Waals surface area contributed by atoms with E-state index in [1.54, 1.807) is 5.57 Å². The highest BCUT2D eigenvalue weighted by Gasteiger charge is 2.52. The lowest BCUT2D eigenvalue weighted by Gasteiger charge is -2.46. The summed E-state index contributed by atoms with van der Waals surface area (Å²) in [5.41, 5.74) is 7.23. The molecule has 0 bridgehead atoms. The molecule has 0 spiro atoms. The minimum Gasteiger partial charge on any atom is -0.489 e. The third-order valence-corrected chi connectivity index (χ3v) is 8.62. The minimum atomic E-state index is 0.249. The molecule has 3 aliphatic rings. The van der Waals surface area contributed by atoms with Gasteiger partial charge in [0.25, 0.3) is 0 Å². The van der Waals surface area contributed by atoms with Crippen LogP contribution < -0.4 is 4.74 Å². The van der Waals surface area contributed by atoms with E-state index < -0.39 is 0 Å². The number of benzene rings is 3. The molecule has 1 saturated carbocycles. The number of aryl methyl sites for hydroxylation is 1. The van der Waals surface area contributed by atoms with E-state index in [9.17, 15) is 0 Å². The molecular weight excluding hydrogens is 416 g/mol. The number of hydrogen-bond donors (Lipinski definition) is 0. The Hall–Kier alpha value is -2.84. The van der Waals surface area contributed by atoms with Gasteiger partial charge in [0.15, 0.2) is 0 Å². The summed E-state index contributed by atoms with van der Waals surface area (Å²) in [4.78, 5) is 0. The van der Waals surface area contributed by atoms with Crippen molar-refractivity contribution >= 4 is 5.57 Å². The molecule has 2 nitrogen and oxygen atoms in total. The Morgan fingerprint density at radius 2 is 1.56 bits per heavy atom. The van der Waals surface area contributed by atoms with Crippen molar-refractivity contribution < 1.29 is 9.47 Å². The molecule has 0 saturated heterocycles. The predicted octanol–water partition coefficient (Wildman–Crippen LogP) is 7.62. The second kappa shape index (κ2) is 9.07. The van der Waals surface area contributed by atoms with Crippen molar-refractivity contribution in [1.29, 1.82) is 0 Å². The minimum absolute atomic E-state index is 0.249. The molecule has 2 heteroatoms. The molecule has 3 aromatic carbocycles. The summed E-state index contributed by atoms with van der Waals surface area (Å²) < 4.78 is 12.7. The quantitative estimate of drug-likeness (QED) is 0.385. The van der Waals surface area contributed by atoms with Gasteiger partial charge in [-0.15, -0.1) is 0 Å². The van der Waals surface area contributed by atoms with Crippen molar-refractivity contribution in [3.05, 3.63) is 107 Å². The van der Waals surface area contributed by atoms with Crippen molar-refractivity contribution in [3.63, 3.8) is 0 Å². The number of rotatable bonds is 6. The molecule has 0 aromatic heterocycles. The van der Waals surface area contributed by atoms with Crippen molar-refractivity contribution in [1.82, 2.24) is 0 Å². The van der Waals surface area contributed by atoms with Gasteiger partial charge < -0.3 is 9.47 Å². The van der Waals surface area contributed by atoms with Crippen LogP contribution in [0.3, 0.4) is 0 Å². The fourth-order valence-electron chi connectivity index (χ4n) is 6.78. The molecule has 0 aliphatic heterocycles. The van der Waals surface area contributed by atoms with Crippen LogP contribution in [-0.2, 0) is 24.4 Å². The molecule has 0 heterocycles. The summed E-state index contributed by atoms with van der Waals surface area (Å²) >= 11 is 0. The lowest BCUT2D eigenvalue weighted by Crippen LogP contribution is -2.41. The molecular formula is C32H34O2. The number of fused-ring (bicyclic) bond motifs is 5. The first-order chi connectivity index (χ1) is 16.7. The Balaban J connectivity index is 1.17. The molecule has 174 valence electrons. The van der Waals surface area contributed by atoms with Crippen molar-refractivity contribution in [3.8, 4) is 5.75 Å². The lowest BCUT2D eigenvalue weighted by molar-refractivity contribution is -0.0447. The van der Waals surface area contributed by atoms with Gasteiger partial charge in [-0.05, 0) is 83.9 Å². The summed E-state index contributed by atoms with van der Waals surface area (Å²) in [7, 11) is 0. The van der Waals surface area contributed by atoms with Gasteiger partial charge in [-0.2, -0.15) is 0 Å². The van der Waals surface area contributed by atoms with Crippen molar-refractivity contribution in [2.45, 2.75) is 58.3 Å². The largest absolute Gasteiger partial charge is 0.489 e. The summed E-state index contributed by atoms with van der Waals surface area (Å²) in [5.74, 6) is 2.36. The van der Waals surface area contributed by atoms with Crippen LogP contribution in [0.25, 0.3) is 5.57 Å². The Bertz CT molecular complexity index is 1170. The Kier molecular flexibility index (Phi) is 5.79. The molecule has 34 heavy (non-hydrogen) atoms. The fraction of sp³-hybridized carbons (Fsp3) is 0.375. The average molecular weight is 451 g/mol. The zero-order chi connectivity index (χ0) is 23.0. The Morgan fingerprint density at radius 3 is 2.32 bits per heavy atom. The maximum Gasteiger partial charge on any atom is 0.120 e. The highest BCUT2D eigenvalue weighted by atomic mass is 16.5. The monoisotopic (exact) mass is 450 g/mol. The Morgan fingerprint density at radius 1 is 0.824 bits per heavy atom. The zero-order valence-electron chi connectivity index (χ0n) is 20.1. The van der Waals surface area contributed by atoms with E-state index in [-0.39, 0.29) is 5.41 Å². The van der Waals surface area contributed by atoms with Gasteiger partial charge in [0.05, 0.1) is 12.7 Å². The lowest BCUT2D eigenvalue weighted by atomic mass is 9.60. The van der Waals surface area contributed by atoms with Crippen LogP contribution in [0, 0.1) is 17.3 Å². The van der Waals surface area contributed by atoms with E-state index in [4.69, 9.17) is 9.47 Å². The first-order valence-electron chi connectivity index (χ1n) is 12.9. The third kappa shape index (κ3) is 3.99. The first kappa shape index (κ1) is 21.7. The van der Waals surface area contributed by atoms with E-state index in [0.717, 1.165) is 31.1 Å². The summed E-state index contributed by atoms with van der Waals surface area (Å²) in [6.45, 7) is 3.84. The van der Waals surface area contributed by atoms with Crippen LogP contribution in [-0.4, -0.2) is 6.10 Å². The molecule has 1 fully saturated rings. The second-order valence-corrected chi connectivity index (χ2v) is 10.6. The normalized spacial score (nSPS) is 27.3. The van der Waals surface area contributed by atoms with Gasteiger partial charge in [-0.3, -0.25) is 0 Å². The third-order valence-electron chi connectivity index (χ3n) is 8.62. The molecule has 6 rings (SSSR count). The SMILES string of the molecule is CC12CC=C3c4ccc(OCc5ccccc5)cc4CCC3C1CCC2OCc1ccccc1. The predicted molar refractivity (Wildman–Crippen MR) is 137 cm³/mol.